The molecular weight excluding hydrogens is 404 g/mol. The third kappa shape index (κ3) is 4.72. The molecule has 1 aliphatic heterocycles. The number of fused-ring (bicyclic) bond motifs is 1. The van der Waals surface area contributed by atoms with Crippen molar-refractivity contribution in [2.75, 3.05) is 17.2 Å². The van der Waals surface area contributed by atoms with E-state index in [4.69, 9.17) is 4.74 Å². The average Bonchev–Trinajstić information content (AvgIpc) is 2.75. The van der Waals surface area contributed by atoms with Crippen molar-refractivity contribution in [2.45, 2.75) is 32.6 Å². The highest BCUT2D eigenvalue weighted by Gasteiger charge is 2.21. The predicted octanol–water partition coefficient (Wildman–Crippen LogP) is 5.10. The first-order valence-corrected chi connectivity index (χ1v) is 10.5. The third-order valence-corrected chi connectivity index (χ3v) is 5.21. The molecule has 0 radical (unpaired) electrons. The number of carbonyl (C=O) groups is 2. The molecule has 0 spiro atoms. The van der Waals surface area contributed by atoms with Crippen LogP contribution in [0.25, 0.3) is 0 Å². The average molecular weight is 431 g/mol. The number of para-hydroxylation sites is 1. The second-order valence-electron chi connectivity index (χ2n) is 8.66. The monoisotopic (exact) mass is 430 g/mol. The molecule has 2 aromatic carbocycles. The zero-order valence-electron chi connectivity index (χ0n) is 18.4. The molecule has 32 heavy (non-hydrogen) atoms. The van der Waals surface area contributed by atoms with Crippen molar-refractivity contribution in [2.24, 2.45) is 0 Å². The van der Waals surface area contributed by atoms with E-state index in [1.165, 1.54) is 0 Å². The number of hydrogen-bond donors (Lipinski definition) is 3. The number of aromatic nitrogens is 1. The fraction of sp³-hybridized carbons (Fsp3) is 0.240. The number of nitrogens with zero attached hydrogens (tertiary/aromatic N) is 1. The minimum atomic E-state index is -0.424. The molecule has 2 heterocycles. The van der Waals surface area contributed by atoms with Gasteiger partial charge in [-0.05, 0) is 53.8 Å². The lowest BCUT2D eigenvalue weighted by Crippen LogP contribution is -2.31. The summed E-state index contributed by atoms with van der Waals surface area (Å²) in [6, 6.07) is 16.1. The van der Waals surface area contributed by atoms with Crippen molar-refractivity contribution in [3.63, 3.8) is 0 Å². The van der Waals surface area contributed by atoms with Gasteiger partial charge in [0.1, 0.15) is 11.4 Å². The molecule has 3 N–H and O–H groups in total. The van der Waals surface area contributed by atoms with Gasteiger partial charge in [0, 0.05) is 29.6 Å². The second-order valence-corrected chi connectivity index (χ2v) is 8.66. The Labute approximate surface area is 187 Å². The van der Waals surface area contributed by atoms with Crippen LogP contribution < -0.4 is 20.7 Å². The topological polar surface area (TPSA) is 92.3 Å². The Bertz CT molecular complexity index is 1170. The molecule has 1 aliphatic rings. The van der Waals surface area contributed by atoms with Gasteiger partial charge in [0.2, 0.25) is 5.88 Å². The molecule has 4 rings (SSSR count). The summed E-state index contributed by atoms with van der Waals surface area (Å²) in [5.74, 6) is 0.909. The Morgan fingerprint density at radius 2 is 1.88 bits per heavy atom. The van der Waals surface area contributed by atoms with Gasteiger partial charge in [-0.2, -0.15) is 0 Å². The normalized spacial score (nSPS) is 13.0. The molecule has 7 heteroatoms. The van der Waals surface area contributed by atoms with Crippen LogP contribution in [0.1, 0.15) is 42.3 Å². The summed E-state index contributed by atoms with van der Waals surface area (Å²) in [4.78, 5) is 28.9. The first-order valence-electron chi connectivity index (χ1n) is 10.5. The number of nitrogens with one attached hydrogen (secondary N) is 3. The second kappa shape index (κ2) is 8.70. The van der Waals surface area contributed by atoms with E-state index in [0.717, 1.165) is 17.5 Å². The third-order valence-electron chi connectivity index (χ3n) is 5.21. The van der Waals surface area contributed by atoms with E-state index in [9.17, 15) is 9.59 Å². The molecule has 0 fully saturated rings. The van der Waals surface area contributed by atoms with Crippen molar-refractivity contribution in [1.82, 2.24) is 10.3 Å². The van der Waals surface area contributed by atoms with E-state index in [-0.39, 0.29) is 11.3 Å². The number of pyridine rings is 1. The zero-order chi connectivity index (χ0) is 22.7. The maximum absolute atomic E-state index is 12.7. The SMILES string of the molecule is CC(C)(C)c1ccccc1Oc1ncccc1NC(=O)Nc1ccc2c(c1)CCNC2=O. The van der Waals surface area contributed by atoms with Crippen LogP contribution in [0.4, 0.5) is 16.2 Å². The van der Waals surface area contributed by atoms with Crippen LogP contribution >= 0.6 is 0 Å². The minimum absolute atomic E-state index is 0.0880. The van der Waals surface area contributed by atoms with Gasteiger partial charge in [0.15, 0.2) is 0 Å². The quantitative estimate of drug-likeness (QED) is 0.537. The lowest BCUT2D eigenvalue weighted by atomic mass is 9.86. The van der Waals surface area contributed by atoms with Crippen LogP contribution in [0.2, 0.25) is 0 Å². The molecular formula is C25H26N4O3. The lowest BCUT2D eigenvalue weighted by Gasteiger charge is -2.22. The Kier molecular flexibility index (Phi) is 5.81. The molecule has 0 bridgehead atoms. The van der Waals surface area contributed by atoms with Gasteiger partial charge in [0.05, 0.1) is 0 Å². The fourth-order valence-electron chi connectivity index (χ4n) is 3.64. The molecule has 0 atom stereocenters. The Morgan fingerprint density at radius 3 is 2.69 bits per heavy atom. The first kappa shape index (κ1) is 21.4. The number of benzene rings is 2. The molecule has 3 aromatic rings. The number of urea groups is 1. The molecule has 0 saturated carbocycles. The summed E-state index contributed by atoms with van der Waals surface area (Å²) in [5.41, 5.74) is 3.55. The summed E-state index contributed by atoms with van der Waals surface area (Å²) in [6.07, 6.45) is 2.35. The van der Waals surface area contributed by atoms with Gasteiger partial charge in [-0.3, -0.25) is 4.79 Å². The van der Waals surface area contributed by atoms with Gasteiger partial charge in [0.25, 0.3) is 5.91 Å². The molecule has 1 aromatic heterocycles. The van der Waals surface area contributed by atoms with Crippen molar-refractivity contribution in [1.29, 1.82) is 0 Å². The van der Waals surface area contributed by atoms with Gasteiger partial charge >= 0.3 is 6.03 Å². The fourth-order valence-corrected chi connectivity index (χ4v) is 3.64. The molecule has 3 amide bonds. The largest absolute Gasteiger partial charge is 0.437 e. The van der Waals surface area contributed by atoms with Crippen molar-refractivity contribution in [3.8, 4) is 11.6 Å². The summed E-state index contributed by atoms with van der Waals surface area (Å²) in [7, 11) is 0. The van der Waals surface area contributed by atoms with Crippen molar-refractivity contribution in [3.05, 3.63) is 77.5 Å². The van der Waals surface area contributed by atoms with Gasteiger partial charge < -0.3 is 20.7 Å². The van der Waals surface area contributed by atoms with Gasteiger partial charge in [-0.15, -0.1) is 0 Å². The van der Waals surface area contributed by atoms with Crippen LogP contribution in [0.5, 0.6) is 11.6 Å². The number of ether oxygens (including phenoxy) is 1. The number of anilines is 2. The molecule has 164 valence electrons. The summed E-state index contributed by atoms with van der Waals surface area (Å²) >= 11 is 0. The summed E-state index contributed by atoms with van der Waals surface area (Å²) < 4.78 is 6.11. The number of amides is 3. The van der Waals surface area contributed by atoms with E-state index < -0.39 is 6.03 Å². The van der Waals surface area contributed by atoms with Crippen LogP contribution in [0.3, 0.4) is 0 Å². The standard InChI is InChI=1S/C25H26N4O3/c1-25(2,3)19-7-4-5-9-21(19)32-23-20(8-6-13-27-23)29-24(31)28-17-10-11-18-16(15-17)12-14-26-22(18)30/h4-11,13,15H,12,14H2,1-3H3,(H,26,30)(H2,28,29,31). The smallest absolute Gasteiger partial charge is 0.323 e. The highest BCUT2D eigenvalue weighted by atomic mass is 16.5. The molecule has 0 unspecified atom stereocenters. The van der Waals surface area contributed by atoms with Crippen LogP contribution in [0.15, 0.2) is 60.8 Å². The number of carbonyl (C=O) groups excluding carboxylic acids is 2. The Morgan fingerprint density at radius 1 is 1.06 bits per heavy atom. The summed E-state index contributed by atoms with van der Waals surface area (Å²) in [6.45, 7) is 6.93. The highest BCUT2D eigenvalue weighted by Crippen LogP contribution is 2.35. The summed E-state index contributed by atoms with van der Waals surface area (Å²) in [5, 5.41) is 8.44. The van der Waals surface area contributed by atoms with E-state index in [2.05, 4.69) is 41.7 Å². The molecule has 0 saturated heterocycles. The highest BCUT2D eigenvalue weighted by molar-refractivity contribution is 6.01. The minimum Gasteiger partial charge on any atom is -0.437 e. The maximum Gasteiger partial charge on any atom is 0.323 e. The molecule has 0 aliphatic carbocycles. The van der Waals surface area contributed by atoms with Crippen molar-refractivity contribution >= 4 is 23.3 Å². The first-order chi connectivity index (χ1) is 15.3. The van der Waals surface area contributed by atoms with Gasteiger partial charge in [-0.1, -0.05) is 39.0 Å². The maximum atomic E-state index is 12.7. The Hall–Kier alpha value is -3.87. The predicted molar refractivity (Wildman–Crippen MR) is 125 cm³/mol. The van der Waals surface area contributed by atoms with E-state index >= 15 is 0 Å². The lowest BCUT2D eigenvalue weighted by molar-refractivity contribution is 0.0946. The number of hydrogen-bond acceptors (Lipinski definition) is 4. The van der Waals surface area contributed by atoms with Crippen LogP contribution in [-0.2, 0) is 11.8 Å². The van der Waals surface area contributed by atoms with E-state index in [1.807, 2.05) is 30.3 Å². The molecule has 7 nitrogen and oxygen atoms in total. The van der Waals surface area contributed by atoms with Crippen LogP contribution in [-0.4, -0.2) is 23.5 Å². The number of rotatable bonds is 4. The van der Waals surface area contributed by atoms with E-state index in [1.54, 1.807) is 30.5 Å². The van der Waals surface area contributed by atoms with Gasteiger partial charge in [-0.25, -0.2) is 9.78 Å². The van der Waals surface area contributed by atoms with Crippen LogP contribution in [0, 0.1) is 0 Å². The van der Waals surface area contributed by atoms with Crippen molar-refractivity contribution < 1.29 is 14.3 Å². The Balaban J connectivity index is 1.51. The zero-order valence-corrected chi connectivity index (χ0v) is 18.4. The van der Waals surface area contributed by atoms with E-state index in [0.29, 0.717) is 35.1 Å².